The summed E-state index contributed by atoms with van der Waals surface area (Å²) >= 11 is 0. The van der Waals surface area contributed by atoms with Gasteiger partial charge in [-0.2, -0.15) is 0 Å². The molecule has 0 bridgehead atoms. The van der Waals surface area contributed by atoms with Gasteiger partial charge in [-0.25, -0.2) is 0 Å². The van der Waals surface area contributed by atoms with E-state index in [2.05, 4.69) is 10.3 Å². The van der Waals surface area contributed by atoms with Crippen molar-refractivity contribution in [3.63, 3.8) is 0 Å². The van der Waals surface area contributed by atoms with E-state index < -0.39 is 0 Å². The Morgan fingerprint density at radius 1 is 1.82 bits per heavy atom. The maximum Gasteiger partial charge on any atom is 0.224 e. The molecule has 0 spiro atoms. The van der Waals surface area contributed by atoms with Crippen LogP contribution in [0.25, 0.3) is 0 Å². The van der Waals surface area contributed by atoms with Crippen LogP contribution in [0.4, 0.5) is 0 Å². The van der Waals surface area contributed by atoms with Crippen molar-refractivity contribution in [2.24, 2.45) is 0 Å². The number of nitrogens with zero attached hydrogens (tertiary/aromatic N) is 1. The Hall–Kier alpha value is -1.38. The van der Waals surface area contributed by atoms with E-state index in [-0.39, 0.29) is 7.33 Å². The van der Waals surface area contributed by atoms with Gasteiger partial charge in [0.25, 0.3) is 0 Å². The van der Waals surface area contributed by atoms with Crippen LogP contribution in [0.3, 0.4) is 0 Å². The number of carbonyl (C=O) groups excluding carboxylic acids is 1. The Morgan fingerprint density at radius 2 is 2.64 bits per heavy atom. The lowest BCUT2D eigenvalue weighted by atomic mass is 10.2. The Bertz CT molecular complexity index is 238. The van der Waals surface area contributed by atoms with Gasteiger partial charge in [0, 0.05) is 20.9 Å². The fourth-order valence-corrected chi connectivity index (χ4v) is 0.776. The predicted octanol–water partition coefficient (Wildman–Crippen LogP) is 0.616. The molecule has 3 nitrogen and oxygen atoms in total. The van der Waals surface area contributed by atoms with Crippen LogP contribution in [0.2, 0.25) is 0 Å². The largest absolute Gasteiger partial charge is 0.359 e. The number of rotatable bonds is 2. The molecule has 0 aliphatic heterocycles. The van der Waals surface area contributed by atoms with E-state index in [9.17, 15) is 4.79 Å². The Morgan fingerprint density at radius 3 is 3.18 bits per heavy atom. The summed E-state index contributed by atoms with van der Waals surface area (Å²) in [7, 11) is 1.62. The standard InChI is InChI=1S/C8H10N2O.H2/c1-9-8(11)5-7-3-2-4-10-6-7;/h2-4,6H,5H2,1H3,(H,9,11);1H. The molecule has 60 valence electrons. The molecule has 0 saturated heterocycles. The van der Waals surface area contributed by atoms with Gasteiger partial charge in [-0.05, 0) is 11.6 Å². The fourth-order valence-electron chi connectivity index (χ4n) is 0.776. The first-order valence-electron chi connectivity index (χ1n) is 3.42. The molecule has 1 amide bonds. The third kappa shape index (κ3) is 2.37. The highest BCUT2D eigenvalue weighted by Gasteiger charge is 1.98. The molecule has 3 heteroatoms. The van der Waals surface area contributed by atoms with E-state index in [0.29, 0.717) is 6.42 Å². The van der Waals surface area contributed by atoms with E-state index >= 15 is 0 Å². The van der Waals surface area contributed by atoms with Crippen molar-refractivity contribution in [1.82, 2.24) is 10.3 Å². The molecular weight excluding hydrogens is 140 g/mol. The third-order valence-electron chi connectivity index (χ3n) is 1.37. The van der Waals surface area contributed by atoms with Crippen LogP contribution >= 0.6 is 0 Å². The van der Waals surface area contributed by atoms with Gasteiger partial charge in [0.2, 0.25) is 5.91 Å². The van der Waals surface area contributed by atoms with Gasteiger partial charge in [0.1, 0.15) is 0 Å². The Labute approximate surface area is 66.9 Å². The van der Waals surface area contributed by atoms with Gasteiger partial charge in [-0.3, -0.25) is 9.78 Å². The van der Waals surface area contributed by atoms with Gasteiger partial charge in [0.15, 0.2) is 0 Å². The molecule has 0 unspecified atom stereocenters. The van der Waals surface area contributed by atoms with Crippen molar-refractivity contribution in [3.8, 4) is 0 Å². The highest BCUT2D eigenvalue weighted by Crippen LogP contribution is 1.95. The zero-order chi connectivity index (χ0) is 8.10. The first-order valence-corrected chi connectivity index (χ1v) is 3.42. The number of hydrogen-bond donors (Lipinski definition) is 1. The zero-order valence-electron chi connectivity index (χ0n) is 6.37. The van der Waals surface area contributed by atoms with Crippen molar-refractivity contribution >= 4 is 5.91 Å². The third-order valence-corrected chi connectivity index (χ3v) is 1.37. The molecule has 0 fully saturated rings. The summed E-state index contributed by atoms with van der Waals surface area (Å²) in [6, 6.07) is 3.69. The van der Waals surface area contributed by atoms with Crippen LogP contribution in [-0.4, -0.2) is 17.9 Å². The number of aromatic nitrogens is 1. The summed E-state index contributed by atoms with van der Waals surface area (Å²) in [6.45, 7) is 0. The maximum atomic E-state index is 10.8. The molecule has 1 heterocycles. The number of pyridine rings is 1. The average Bonchev–Trinajstić information content (AvgIpc) is 2.06. The predicted molar refractivity (Wildman–Crippen MR) is 44.1 cm³/mol. The minimum Gasteiger partial charge on any atom is -0.359 e. The molecule has 0 radical (unpaired) electrons. The molecule has 1 aromatic rings. The molecule has 11 heavy (non-hydrogen) atoms. The summed E-state index contributed by atoms with van der Waals surface area (Å²) in [6.07, 6.45) is 3.78. The number of carbonyl (C=O) groups is 1. The average molecular weight is 152 g/mol. The number of likely N-dealkylation sites (N-methyl/N-ethyl adjacent to an activating group) is 1. The molecular formula is C8H12N2O. The molecule has 0 aliphatic rings. The molecule has 1 rings (SSSR count). The second-order valence-corrected chi connectivity index (χ2v) is 2.21. The first kappa shape index (κ1) is 7.72. The number of amides is 1. The lowest BCUT2D eigenvalue weighted by molar-refractivity contribution is -0.119. The van der Waals surface area contributed by atoms with Crippen molar-refractivity contribution in [1.29, 1.82) is 0 Å². The van der Waals surface area contributed by atoms with Crippen LogP contribution in [-0.2, 0) is 11.2 Å². The summed E-state index contributed by atoms with van der Waals surface area (Å²) in [4.78, 5) is 14.7. The zero-order valence-corrected chi connectivity index (χ0v) is 6.37. The summed E-state index contributed by atoms with van der Waals surface area (Å²) < 4.78 is 0. The lowest BCUT2D eigenvalue weighted by Crippen LogP contribution is -2.19. The normalized spacial score (nSPS) is 9.18. The fraction of sp³-hybridized carbons (Fsp3) is 0.250. The second kappa shape index (κ2) is 3.71. The Balaban J connectivity index is 0.00000121. The van der Waals surface area contributed by atoms with Crippen molar-refractivity contribution in [3.05, 3.63) is 30.1 Å². The van der Waals surface area contributed by atoms with Crippen LogP contribution in [0, 0.1) is 0 Å². The molecule has 1 N–H and O–H groups in total. The van der Waals surface area contributed by atoms with E-state index in [1.54, 1.807) is 19.4 Å². The summed E-state index contributed by atoms with van der Waals surface area (Å²) in [5.41, 5.74) is 0.937. The minimum absolute atomic E-state index is 0. The monoisotopic (exact) mass is 152 g/mol. The molecule has 0 saturated carbocycles. The highest BCUT2D eigenvalue weighted by molar-refractivity contribution is 5.78. The van der Waals surface area contributed by atoms with Crippen LogP contribution in [0.1, 0.15) is 6.99 Å². The van der Waals surface area contributed by atoms with Gasteiger partial charge in [0.05, 0.1) is 6.42 Å². The number of hydrogen-bond acceptors (Lipinski definition) is 2. The van der Waals surface area contributed by atoms with Gasteiger partial charge in [-0.1, -0.05) is 6.07 Å². The smallest absolute Gasteiger partial charge is 0.224 e. The maximum absolute atomic E-state index is 10.8. The van der Waals surface area contributed by atoms with E-state index in [4.69, 9.17) is 0 Å². The SMILES string of the molecule is CNC(=O)Cc1cccnc1.[HH]. The van der Waals surface area contributed by atoms with Crippen molar-refractivity contribution < 1.29 is 6.22 Å². The topological polar surface area (TPSA) is 42.0 Å². The lowest BCUT2D eigenvalue weighted by Gasteiger charge is -1.97. The van der Waals surface area contributed by atoms with Crippen LogP contribution in [0.5, 0.6) is 0 Å². The van der Waals surface area contributed by atoms with Crippen molar-refractivity contribution in [2.45, 2.75) is 6.42 Å². The van der Waals surface area contributed by atoms with Gasteiger partial charge in [-0.15, -0.1) is 0 Å². The number of nitrogens with one attached hydrogen (secondary N) is 1. The first-order chi connectivity index (χ1) is 5.33. The van der Waals surface area contributed by atoms with Gasteiger partial charge < -0.3 is 5.32 Å². The quantitative estimate of drug-likeness (QED) is 0.674. The molecule has 0 aromatic carbocycles. The minimum atomic E-state index is 0. The molecule has 1 aromatic heterocycles. The summed E-state index contributed by atoms with van der Waals surface area (Å²) in [5.74, 6) is 0.0120. The van der Waals surface area contributed by atoms with E-state index in [0.717, 1.165) is 5.56 Å². The highest BCUT2D eigenvalue weighted by atomic mass is 16.1. The van der Waals surface area contributed by atoms with E-state index in [1.807, 2.05) is 12.1 Å². The summed E-state index contributed by atoms with van der Waals surface area (Å²) in [5, 5.41) is 2.55. The van der Waals surface area contributed by atoms with Gasteiger partial charge >= 0.3 is 0 Å². The molecule has 0 aliphatic carbocycles. The second-order valence-electron chi connectivity index (χ2n) is 2.21. The molecule has 0 atom stereocenters. The Kier molecular flexibility index (Phi) is 2.60. The van der Waals surface area contributed by atoms with Crippen LogP contribution < -0.4 is 5.32 Å². The van der Waals surface area contributed by atoms with Crippen LogP contribution in [0.15, 0.2) is 24.5 Å². The van der Waals surface area contributed by atoms with Crippen molar-refractivity contribution in [2.75, 3.05) is 7.05 Å². The van der Waals surface area contributed by atoms with E-state index in [1.165, 1.54) is 0 Å².